The lowest BCUT2D eigenvalue weighted by Gasteiger charge is -2.04. The first-order valence-electron chi connectivity index (χ1n) is 4.01. The maximum atomic E-state index is 11.4. The van der Waals surface area contributed by atoms with Crippen LogP contribution in [0.2, 0.25) is 0 Å². The Morgan fingerprint density at radius 2 is 2.20 bits per heavy atom. The molecule has 0 aliphatic rings. The summed E-state index contributed by atoms with van der Waals surface area (Å²) in [5.74, 6) is -0.496. The topological polar surface area (TPSA) is 60.2 Å². The lowest BCUT2D eigenvalue weighted by molar-refractivity contribution is -0.386. The molecular weight excluding hydrogens is 285 g/mol. The number of Topliss-reactive ketones (excluding diaryl/α,β-unsaturated/α-hetero) is 1. The number of hydrogen-bond donors (Lipinski definition) is 0. The first-order valence-corrected chi connectivity index (χ1v) is 5.34. The highest BCUT2D eigenvalue weighted by molar-refractivity contribution is 9.10. The molecule has 1 rings (SSSR count). The van der Waals surface area contributed by atoms with Gasteiger partial charge in [-0.3, -0.25) is 14.9 Å². The summed E-state index contributed by atoms with van der Waals surface area (Å²) in [5.41, 5.74) is 0.533. The minimum Gasteiger partial charge on any atom is -0.293 e. The summed E-state index contributed by atoms with van der Waals surface area (Å²) in [7, 11) is 0. The Balaban J connectivity index is 3.41. The summed E-state index contributed by atoms with van der Waals surface area (Å²) in [6.45, 7) is 1.53. The highest BCUT2D eigenvalue weighted by Crippen LogP contribution is 2.30. The largest absolute Gasteiger partial charge is 0.293 e. The molecule has 0 atom stereocenters. The molecule has 0 aliphatic heterocycles. The van der Waals surface area contributed by atoms with Crippen molar-refractivity contribution in [2.45, 2.75) is 6.92 Å². The third kappa shape index (κ3) is 2.35. The van der Waals surface area contributed by atoms with Crippen molar-refractivity contribution < 1.29 is 9.72 Å². The summed E-state index contributed by atoms with van der Waals surface area (Å²) in [4.78, 5) is 21.6. The minimum atomic E-state index is -0.523. The van der Waals surface area contributed by atoms with E-state index in [2.05, 4.69) is 15.9 Å². The van der Waals surface area contributed by atoms with Gasteiger partial charge in [-0.1, -0.05) is 0 Å². The fourth-order valence-corrected chi connectivity index (χ4v) is 1.98. The molecule has 0 N–H and O–H groups in total. The third-order valence-electron chi connectivity index (χ3n) is 1.99. The number of ketones is 1. The second-order valence-corrected chi connectivity index (χ2v) is 4.00. The Morgan fingerprint density at radius 3 is 2.67 bits per heavy atom. The van der Waals surface area contributed by atoms with E-state index in [-0.39, 0.29) is 17.4 Å². The Labute approximate surface area is 99.5 Å². The van der Waals surface area contributed by atoms with Crippen LogP contribution in [0.4, 0.5) is 5.69 Å². The van der Waals surface area contributed by atoms with E-state index in [9.17, 15) is 14.9 Å². The molecule has 0 radical (unpaired) electrons. The zero-order valence-electron chi connectivity index (χ0n) is 7.79. The molecule has 0 aromatic heterocycles. The Kier molecular flexibility index (Phi) is 3.82. The molecule has 0 unspecified atom stereocenters. The van der Waals surface area contributed by atoms with Crippen molar-refractivity contribution in [2.24, 2.45) is 0 Å². The molecule has 0 fully saturated rings. The monoisotopic (exact) mass is 291 g/mol. The smallest absolute Gasteiger partial charge is 0.287 e. The molecule has 80 valence electrons. The quantitative estimate of drug-likeness (QED) is 0.372. The third-order valence-corrected chi connectivity index (χ3v) is 2.87. The van der Waals surface area contributed by atoms with Crippen molar-refractivity contribution in [1.82, 2.24) is 0 Å². The number of nitro groups is 1. The Morgan fingerprint density at radius 1 is 1.60 bits per heavy atom. The van der Waals surface area contributed by atoms with E-state index in [1.165, 1.54) is 19.1 Å². The number of rotatable bonds is 3. The summed E-state index contributed by atoms with van der Waals surface area (Å²) < 4.78 is 0.358. The molecule has 0 heterocycles. The van der Waals surface area contributed by atoms with Gasteiger partial charge in [-0.25, -0.2) is 0 Å². The van der Waals surface area contributed by atoms with Gasteiger partial charge in [-0.2, -0.15) is 0 Å². The summed E-state index contributed by atoms with van der Waals surface area (Å²) in [6, 6.07) is 3.00. The van der Waals surface area contributed by atoms with Crippen molar-refractivity contribution in [3.05, 3.63) is 37.8 Å². The second kappa shape index (κ2) is 4.72. The van der Waals surface area contributed by atoms with Crippen molar-refractivity contribution in [2.75, 3.05) is 5.88 Å². The van der Waals surface area contributed by atoms with E-state index in [1.54, 1.807) is 0 Å². The maximum Gasteiger partial charge on any atom is 0.287 e. The van der Waals surface area contributed by atoms with E-state index in [4.69, 9.17) is 11.6 Å². The van der Waals surface area contributed by atoms with Crippen LogP contribution < -0.4 is 0 Å². The molecule has 0 spiro atoms. The van der Waals surface area contributed by atoms with E-state index in [0.717, 1.165) is 0 Å². The van der Waals surface area contributed by atoms with E-state index >= 15 is 0 Å². The number of halogens is 2. The molecule has 1 aromatic rings. The zero-order valence-corrected chi connectivity index (χ0v) is 10.1. The van der Waals surface area contributed by atoms with Gasteiger partial charge >= 0.3 is 0 Å². The van der Waals surface area contributed by atoms with Gasteiger partial charge in [0.05, 0.1) is 15.3 Å². The van der Waals surface area contributed by atoms with Crippen molar-refractivity contribution in [3.63, 3.8) is 0 Å². The van der Waals surface area contributed by atoms with Gasteiger partial charge in [0.25, 0.3) is 5.69 Å². The lowest BCUT2D eigenvalue weighted by Crippen LogP contribution is -2.05. The van der Waals surface area contributed by atoms with Gasteiger partial charge in [0.1, 0.15) is 0 Å². The van der Waals surface area contributed by atoms with E-state index in [0.29, 0.717) is 15.6 Å². The van der Waals surface area contributed by atoms with Crippen molar-refractivity contribution in [1.29, 1.82) is 0 Å². The number of nitro benzene ring substituents is 1. The van der Waals surface area contributed by atoms with Crippen LogP contribution in [0.5, 0.6) is 0 Å². The molecule has 4 nitrogen and oxygen atoms in total. The standard InChI is InChI=1S/C9H7BrClNO3/c1-5-6(8(13)4-11)2-3-7(10)9(5)12(14)15/h2-3H,4H2,1H3. The first kappa shape index (κ1) is 12.1. The molecular formula is C9H7BrClNO3. The zero-order chi connectivity index (χ0) is 11.6. The number of benzene rings is 1. The molecule has 0 bridgehead atoms. The average molecular weight is 293 g/mol. The lowest BCUT2D eigenvalue weighted by atomic mass is 10.0. The molecule has 0 saturated carbocycles. The predicted molar refractivity (Wildman–Crippen MR) is 60.6 cm³/mol. The van der Waals surface area contributed by atoms with Gasteiger partial charge in [-0.05, 0) is 35.0 Å². The molecule has 6 heteroatoms. The van der Waals surface area contributed by atoms with Gasteiger partial charge in [0.15, 0.2) is 5.78 Å². The average Bonchev–Trinajstić information content (AvgIpc) is 2.16. The highest BCUT2D eigenvalue weighted by atomic mass is 79.9. The molecule has 0 saturated heterocycles. The molecule has 0 amide bonds. The fourth-order valence-electron chi connectivity index (χ4n) is 1.27. The second-order valence-electron chi connectivity index (χ2n) is 2.88. The normalized spacial score (nSPS) is 10.1. The minimum absolute atomic E-state index is 0.0917. The van der Waals surface area contributed by atoms with Crippen LogP contribution in [0.3, 0.4) is 0 Å². The molecule has 1 aromatic carbocycles. The van der Waals surface area contributed by atoms with Crippen LogP contribution >= 0.6 is 27.5 Å². The van der Waals surface area contributed by atoms with E-state index in [1.807, 2.05) is 0 Å². The maximum absolute atomic E-state index is 11.4. The highest BCUT2D eigenvalue weighted by Gasteiger charge is 2.21. The van der Waals surface area contributed by atoms with Crippen molar-refractivity contribution in [3.8, 4) is 0 Å². The number of carbonyl (C=O) groups excluding carboxylic acids is 1. The molecule has 15 heavy (non-hydrogen) atoms. The van der Waals surface area contributed by atoms with Crippen LogP contribution in [-0.2, 0) is 0 Å². The molecule has 0 aliphatic carbocycles. The van der Waals surface area contributed by atoms with Gasteiger partial charge < -0.3 is 0 Å². The number of nitrogens with zero attached hydrogens (tertiary/aromatic N) is 1. The van der Waals surface area contributed by atoms with Crippen LogP contribution in [0.15, 0.2) is 16.6 Å². The van der Waals surface area contributed by atoms with Crippen LogP contribution in [0, 0.1) is 17.0 Å². The van der Waals surface area contributed by atoms with Gasteiger partial charge in [-0.15, -0.1) is 11.6 Å². The van der Waals surface area contributed by atoms with Gasteiger partial charge in [0, 0.05) is 11.1 Å². The van der Waals surface area contributed by atoms with Crippen LogP contribution in [-0.4, -0.2) is 16.6 Å². The van der Waals surface area contributed by atoms with Gasteiger partial charge in [0.2, 0.25) is 0 Å². The van der Waals surface area contributed by atoms with Crippen LogP contribution in [0.25, 0.3) is 0 Å². The fraction of sp³-hybridized carbons (Fsp3) is 0.222. The summed E-state index contributed by atoms with van der Waals surface area (Å²) in [6.07, 6.45) is 0. The Bertz CT molecular complexity index is 434. The summed E-state index contributed by atoms with van der Waals surface area (Å²) in [5, 5.41) is 10.7. The SMILES string of the molecule is Cc1c(C(=O)CCl)ccc(Br)c1[N+](=O)[O-]. The van der Waals surface area contributed by atoms with E-state index < -0.39 is 4.92 Å². The van der Waals surface area contributed by atoms with Crippen LogP contribution in [0.1, 0.15) is 15.9 Å². The summed E-state index contributed by atoms with van der Waals surface area (Å²) >= 11 is 8.47. The number of carbonyl (C=O) groups is 1. The first-order chi connectivity index (χ1) is 6.99. The Hall–Kier alpha value is -0.940. The number of alkyl halides is 1. The number of hydrogen-bond acceptors (Lipinski definition) is 3. The van der Waals surface area contributed by atoms with Crippen molar-refractivity contribution >= 4 is 39.0 Å². The predicted octanol–water partition coefficient (Wildman–Crippen LogP) is 3.09.